The van der Waals surface area contributed by atoms with Crippen molar-refractivity contribution in [1.82, 2.24) is 9.21 Å². The molecule has 1 rings (SSSR count). The molecule has 0 atom stereocenters. The highest BCUT2D eigenvalue weighted by atomic mass is 32.2. The van der Waals surface area contributed by atoms with E-state index in [9.17, 15) is 8.42 Å². The number of sulfonamides is 1. The highest BCUT2D eigenvalue weighted by Gasteiger charge is 2.23. The second-order valence-corrected chi connectivity index (χ2v) is 7.31. The molecule has 21 heavy (non-hydrogen) atoms. The summed E-state index contributed by atoms with van der Waals surface area (Å²) >= 11 is 0. The first-order valence-corrected chi connectivity index (χ1v) is 8.80. The zero-order valence-corrected chi connectivity index (χ0v) is 14.3. The summed E-state index contributed by atoms with van der Waals surface area (Å²) in [4.78, 5) is 2.33. The van der Waals surface area contributed by atoms with Crippen LogP contribution in [0.25, 0.3) is 0 Å². The molecule has 0 radical (unpaired) electrons. The third-order valence-electron chi connectivity index (χ3n) is 3.50. The number of nitrogen functional groups attached to an aromatic ring is 1. The summed E-state index contributed by atoms with van der Waals surface area (Å²) in [6, 6.07) is 5.03. The van der Waals surface area contributed by atoms with Crippen molar-refractivity contribution in [2.75, 3.05) is 39.5 Å². The minimum Gasteiger partial charge on any atom is -0.398 e. The monoisotopic (exact) mass is 313 g/mol. The molecular weight excluding hydrogens is 286 g/mol. The fourth-order valence-corrected chi connectivity index (χ4v) is 3.74. The van der Waals surface area contributed by atoms with Gasteiger partial charge in [0.15, 0.2) is 0 Å². The molecule has 0 aliphatic heterocycles. The molecule has 6 heteroatoms. The molecule has 0 aliphatic carbocycles. The van der Waals surface area contributed by atoms with Crippen molar-refractivity contribution in [2.24, 2.45) is 0 Å². The third-order valence-corrected chi connectivity index (χ3v) is 5.47. The molecule has 0 aromatic heterocycles. The van der Waals surface area contributed by atoms with E-state index >= 15 is 0 Å². The van der Waals surface area contributed by atoms with Crippen molar-refractivity contribution in [3.63, 3.8) is 0 Å². The van der Waals surface area contributed by atoms with Crippen molar-refractivity contribution in [1.29, 1.82) is 0 Å². The lowest BCUT2D eigenvalue weighted by Crippen LogP contribution is -2.33. The van der Waals surface area contributed by atoms with Gasteiger partial charge in [0.2, 0.25) is 10.0 Å². The number of hydrogen-bond donors (Lipinski definition) is 1. The topological polar surface area (TPSA) is 66.6 Å². The summed E-state index contributed by atoms with van der Waals surface area (Å²) in [5.74, 6) is 0. The van der Waals surface area contributed by atoms with Gasteiger partial charge in [0.05, 0.1) is 4.90 Å². The van der Waals surface area contributed by atoms with Crippen LogP contribution in [0.4, 0.5) is 5.69 Å². The van der Waals surface area contributed by atoms with Gasteiger partial charge in [0.1, 0.15) is 0 Å². The average Bonchev–Trinajstić information content (AvgIpc) is 2.42. The van der Waals surface area contributed by atoms with Crippen molar-refractivity contribution < 1.29 is 8.42 Å². The third kappa shape index (κ3) is 4.69. The van der Waals surface area contributed by atoms with E-state index in [-0.39, 0.29) is 4.90 Å². The van der Waals surface area contributed by atoms with Crippen LogP contribution >= 0.6 is 0 Å². The van der Waals surface area contributed by atoms with Crippen LogP contribution in [-0.2, 0) is 16.4 Å². The Morgan fingerprint density at radius 1 is 1.14 bits per heavy atom. The van der Waals surface area contributed by atoms with Gasteiger partial charge in [-0.3, -0.25) is 0 Å². The highest BCUT2D eigenvalue weighted by Crippen LogP contribution is 2.21. The first-order valence-electron chi connectivity index (χ1n) is 7.36. The lowest BCUT2D eigenvalue weighted by Gasteiger charge is -2.22. The smallest absolute Gasteiger partial charge is 0.243 e. The van der Waals surface area contributed by atoms with E-state index in [0.29, 0.717) is 18.8 Å². The molecule has 0 spiro atoms. The Hall–Kier alpha value is -1.11. The molecule has 0 saturated heterocycles. The molecule has 2 N–H and O–H groups in total. The van der Waals surface area contributed by atoms with Crippen molar-refractivity contribution in [2.45, 2.75) is 31.6 Å². The van der Waals surface area contributed by atoms with Gasteiger partial charge in [-0.15, -0.1) is 0 Å². The Labute approximate surface area is 128 Å². The van der Waals surface area contributed by atoms with E-state index in [0.717, 1.165) is 24.9 Å². The average molecular weight is 313 g/mol. The summed E-state index contributed by atoms with van der Waals surface area (Å²) < 4.78 is 26.8. The quantitative estimate of drug-likeness (QED) is 0.743. The van der Waals surface area contributed by atoms with Crippen molar-refractivity contribution >= 4 is 15.7 Å². The Morgan fingerprint density at radius 2 is 1.81 bits per heavy atom. The zero-order chi connectivity index (χ0) is 16.0. The van der Waals surface area contributed by atoms with E-state index in [2.05, 4.69) is 4.90 Å². The van der Waals surface area contributed by atoms with Gasteiger partial charge in [0, 0.05) is 18.8 Å². The molecule has 1 aromatic carbocycles. The molecular formula is C15H27N3O2S. The number of benzene rings is 1. The maximum Gasteiger partial charge on any atom is 0.243 e. The Balaban J connectivity index is 2.93. The van der Waals surface area contributed by atoms with Gasteiger partial charge in [-0.2, -0.15) is 4.31 Å². The molecule has 120 valence electrons. The van der Waals surface area contributed by atoms with Crippen LogP contribution in [0.2, 0.25) is 0 Å². The summed E-state index contributed by atoms with van der Waals surface area (Å²) in [6.07, 6.45) is 1.61. The molecule has 0 fully saturated rings. The molecule has 0 unspecified atom stereocenters. The van der Waals surface area contributed by atoms with Crippen LogP contribution in [-0.4, -0.2) is 51.4 Å². The maximum atomic E-state index is 12.6. The Bertz CT molecular complexity index is 556. The Kier molecular flexibility index (Phi) is 6.64. The SMILES string of the molecule is CCc1ccc(S(=O)(=O)N(CC)CCCN(C)C)cc1N. The van der Waals surface area contributed by atoms with Crippen LogP contribution in [0.1, 0.15) is 25.8 Å². The number of nitrogens with zero attached hydrogens (tertiary/aromatic N) is 2. The van der Waals surface area contributed by atoms with Crippen LogP contribution in [0.15, 0.2) is 23.1 Å². The lowest BCUT2D eigenvalue weighted by molar-refractivity contribution is 0.356. The molecule has 0 aliphatic rings. The van der Waals surface area contributed by atoms with E-state index < -0.39 is 10.0 Å². The first-order chi connectivity index (χ1) is 9.82. The largest absolute Gasteiger partial charge is 0.398 e. The number of anilines is 1. The van der Waals surface area contributed by atoms with Crippen LogP contribution < -0.4 is 5.73 Å². The molecule has 0 saturated carbocycles. The molecule has 0 bridgehead atoms. The van der Waals surface area contributed by atoms with E-state index in [1.54, 1.807) is 18.2 Å². The standard InChI is InChI=1S/C15H27N3O2S/c1-5-13-8-9-14(12-15(13)16)21(19,20)18(6-2)11-7-10-17(3)4/h8-9,12H,5-7,10-11,16H2,1-4H3. The fourth-order valence-electron chi connectivity index (χ4n) is 2.22. The van der Waals surface area contributed by atoms with Gasteiger partial charge in [-0.25, -0.2) is 8.42 Å². The van der Waals surface area contributed by atoms with Crippen LogP contribution in [0.5, 0.6) is 0 Å². The molecule has 0 heterocycles. The predicted molar refractivity (Wildman–Crippen MR) is 87.8 cm³/mol. The van der Waals surface area contributed by atoms with Gasteiger partial charge in [-0.05, 0) is 51.2 Å². The lowest BCUT2D eigenvalue weighted by atomic mass is 10.1. The van der Waals surface area contributed by atoms with E-state index in [1.807, 2.05) is 27.9 Å². The van der Waals surface area contributed by atoms with Crippen LogP contribution in [0.3, 0.4) is 0 Å². The second kappa shape index (κ2) is 7.77. The molecule has 5 nitrogen and oxygen atoms in total. The Morgan fingerprint density at radius 3 is 2.29 bits per heavy atom. The van der Waals surface area contributed by atoms with Gasteiger partial charge >= 0.3 is 0 Å². The first kappa shape index (κ1) is 17.9. The number of rotatable bonds is 8. The van der Waals surface area contributed by atoms with Crippen molar-refractivity contribution in [3.05, 3.63) is 23.8 Å². The zero-order valence-electron chi connectivity index (χ0n) is 13.5. The van der Waals surface area contributed by atoms with Gasteiger partial charge < -0.3 is 10.6 Å². The molecule has 0 amide bonds. The van der Waals surface area contributed by atoms with Crippen molar-refractivity contribution in [3.8, 4) is 0 Å². The van der Waals surface area contributed by atoms with Crippen LogP contribution in [0, 0.1) is 0 Å². The minimum atomic E-state index is -3.46. The van der Waals surface area contributed by atoms with Gasteiger partial charge in [-0.1, -0.05) is 19.9 Å². The number of aryl methyl sites for hydroxylation is 1. The predicted octanol–water partition coefficient (Wildman–Crippen LogP) is 1.79. The molecule has 1 aromatic rings. The summed E-state index contributed by atoms with van der Waals surface area (Å²) in [5, 5.41) is 0. The maximum absolute atomic E-state index is 12.6. The second-order valence-electron chi connectivity index (χ2n) is 5.37. The summed E-state index contributed by atoms with van der Waals surface area (Å²) in [6.45, 7) is 5.71. The normalized spacial score (nSPS) is 12.3. The van der Waals surface area contributed by atoms with E-state index in [4.69, 9.17) is 5.73 Å². The summed E-state index contributed by atoms with van der Waals surface area (Å²) in [5.41, 5.74) is 7.44. The van der Waals surface area contributed by atoms with E-state index in [1.165, 1.54) is 4.31 Å². The minimum absolute atomic E-state index is 0.281. The fraction of sp³-hybridized carbons (Fsp3) is 0.600. The number of hydrogen-bond acceptors (Lipinski definition) is 4. The highest BCUT2D eigenvalue weighted by molar-refractivity contribution is 7.89. The summed E-state index contributed by atoms with van der Waals surface area (Å²) in [7, 11) is 0.500. The number of nitrogens with two attached hydrogens (primary N) is 1. The van der Waals surface area contributed by atoms with Gasteiger partial charge in [0.25, 0.3) is 0 Å².